The van der Waals surface area contributed by atoms with Crippen molar-refractivity contribution >= 4 is 0 Å². The van der Waals surface area contributed by atoms with Gasteiger partial charge in [0.15, 0.2) is 11.6 Å². The zero-order valence-electron chi connectivity index (χ0n) is 17.9. The molecule has 0 heterocycles. The van der Waals surface area contributed by atoms with Crippen LogP contribution in [0.2, 0.25) is 0 Å². The van der Waals surface area contributed by atoms with Crippen LogP contribution in [-0.4, -0.2) is 6.36 Å². The summed E-state index contributed by atoms with van der Waals surface area (Å²) >= 11 is 0. The first-order valence-electron chi connectivity index (χ1n) is 11.1. The van der Waals surface area contributed by atoms with Crippen molar-refractivity contribution in [3.05, 3.63) is 64.2 Å². The molecule has 0 N–H and O–H groups in total. The highest BCUT2D eigenvalue weighted by atomic mass is 19.4. The van der Waals surface area contributed by atoms with Gasteiger partial charge in [-0.1, -0.05) is 37.7 Å². The van der Waals surface area contributed by atoms with Gasteiger partial charge < -0.3 is 4.74 Å². The molecule has 0 bridgehead atoms. The highest BCUT2D eigenvalue weighted by molar-refractivity contribution is 5.48. The first-order chi connectivity index (χ1) is 15.2. The van der Waals surface area contributed by atoms with E-state index in [0.717, 1.165) is 36.0 Å². The second-order valence-electron chi connectivity index (χ2n) is 8.85. The molecule has 0 amide bonds. The molecule has 1 fully saturated rings. The third-order valence-electron chi connectivity index (χ3n) is 6.68. The van der Waals surface area contributed by atoms with Gasteiger partial charge in [-0.15, -0.1) is 13.2 Å². The molecule has 2 aromatic rings. The summed E-state index contributed by atoms with van der Waals surface area (Å²) in [5.74, 6) is 3.36. The van der Waals surface area contributed by atoms with Crippen LogP contribution in [0, 0.1) is 35.3 Å². The molecule has 32 heavy (non-hydrogen) atoms. The van der Waals surface area contributed by atoms with Gasteiger partial charge in [0.1, 0.15) is 0 Å². The third kappa shape index (κ3) is 5.09. The van der Waals surface area contributed by atoms with Gasteiger partial charge in [-0.05, 0) is 85.3 Å². The van der Waals surface area contributed by atoms with Crippen LogP contribution >= 0.6 is 0 Å². The van der Waals surface area contributed by atoms with Crippen LogP contribution in [0.1, 0.15) is 73.6 Å². The fraction of sp³-hybridized carbons (Fsp3) is 0.462. The van der Waals surface area contributed by atoms with Gasteiger partial charge in [-0.25, -0.2) is 8.78 Å². The number of fused-ring (bicyclic) bond motifs is 3. The van der Waals surface area contributed by atoms with Gasteiger partial charge in [-0.2, -0.15) is 0 Å². The Morgan fingerprint density at radius 1 is 0.969 bits per heavy atom. The predicted molar refractivity (Wildman–Crippen MR) is 112 cm³/mol. The number of hydrogen-bond acceptors (Lipinski definition) is 1. The minimum atomic E-state index is -5.17. The molecule has 0 unspecified atom stereocenters. The van der Waals surface area contributed by atoms with E-state index in [-0.39, 0.29) is 5.56 Å². The Morgan fingerprint density at radius 2 is 1.69 bits per heavy atom. The summed E-state index contributed by atoms with van der Waals surface area (Å²) in [5.41, 5.74) is 3.34. The van der Waals surface area contributed by atoms with Crippen LogP contribution in [0.25, 0.3) is 0 Å². The quantitative estimate of drug-likeness (QED) is 0.349. The number of ether oxygens (including phenoxy) is 1. The van der Waals surface area contributed by atoms with Gasteiger partial charge in [0, 0.05) is 11.1 Å². The van der Waals surface area contributed by atoms with Gasteiger partial charge in [-0.3, -0.25) is 0 Å². The minimum Gasteiger partial charge on any atom is -0.399 e. The maximum Gasteiger partial charge on any atom is 0.573 e. The molecule has 2 aliphatic carbocycles. The van der Waals surface area contributed by atoms with Crippen LogP contribution in [-0.2, 0) is 6.42 Å². The lowest BCUT2D eigenvalue weighted by Crippen LogP contribution is -2.28. The Kier molecular flexibility index (Phi) is 6.46. The highest BCUT2D eigenvalue weighted by Gasteiger charge is 2.35. The minimum absolute atomic E-state index is 0.0541. The smallest absolute Gasteiger partial charge is 0.399 e. The van der Waals surface area contributed by atoms with Crippen molar-refractivity contribution in [3.63, 3.8) is 0 Å². The zero-order valence-corrected chi connectivity index (χ0v) is 17.9. The van der Waals surface area contributed by atoms with Crippen LogP contribution in [0.4, 0.5) is 22.0 Å². The number of benzene rings is 2. The second-order valence-corrected chi connectivity index (χ2v) is 8.85. The fourth-order valence-corrected chi connectivity index (χ4v) is 5.35. The maximum atomic E-state index is 13.9. The molecular weight excluding hydrogens is 423 g/mol. The van der Waals surface area contributed by atoms with Crippen molar-refractivity contribution in [2.24, 2.45) is 11.8 Å². The van der Waals surface area contributed by atoms with Gasteiger partial charge in [0.25, 0.3) is 0 Å². The number of hydrogen-bond donors (Lipinski definition) is 0. The summed E-state index contributed by atoms with van der Waals surface area (Å²) in [5, 5.41) is 0. The number of rotatable bonds is 3. The molecule has 0 aliphatic heterocycles. The van der Waals surface area contributed by atoms with Gasteiger partial charge in [0.2, 0.25) is 5.75 Å². The Balaban J connectivity index is 1.51. The first-order valence-corrected chi connectivity index (χ1v) is 11.1. The molecule has 2 aromatic carbocycles. The van der Waals surface area contributed by atoms with Crippen molar-refractivity contribution < 1.29 is 26.7 Å². The summed E-state index contributed by atoms with van der Waals surface area (Å²) in [6, 6.07) is 7.56. The van der Waals surface area contributed by atoms with Crippen molar-refractivity contribution in [2.75, 3.05) is 0 Å². The van der Waals surface area contributed by atoms with E-state index in [0.29, 0.717) is 5.92 Å². The van der Waals surface area contributed by atoms with E-state index in [1.807, 2.05) is 12.1 Å². The van der Waals surface area contributed by atoms with E-state index < -0.39 is 23.7 Å². The van der Waals surface area contributed by atoms with Crippen LogP contribution in [0.3, 0.4) is 0 Å². The molecule has 0 saturated heterocycles. The number of alkyl halides is 3. The summed E-state index contributed by atoms with van der Waals surface area (Å²) in [7, 11) is 0. The molecule has 3 atom stereocenters. The Bertz CT molecular complexity index is 1020. The van der Waals surface area contributed by atoms with Crippen LogP contribution < -0.4 is 4.74 Å². The van der Waals surface area contributed by atoms with E-state index in [9.17, 15) is 22.0 Å². The summed E-state index contributed by atoms with van der Waals surface area (Å²) in [4.78, 5) is 0. The Hall–Kier alpha value is -2.55. The van der Waals surface area contributed by atoms with Crippen LogP contribution in [0.15, 0.2) is 30.3 Å². The molecule has 0 radical (unpaired) electrons. The molecule has 6 heteroatoms. The summed E-state index contributed by atoms with van der Waals surface area (Å²) in [6.07, 6.45) is 3.36. The zero-order chi connectivity index (χ0) is 22.9. The van der Waals surface area contributed by atoms with E-state index >= 15 is 0 Å². The third-order valence-corrected chi connectivity index (χ3v) is 6.68. The number of aryl methyl sites for hydroxylation is 1. The SMILES string of the molecule is CCC[C@@H]1CC[C@@H]2c3ccc(C#Cc4cc(F)c(OC(F)(F)F)c(F)c4)cc3CC[C@@H]2C1. The average molecular weight is 448 g/mol. The molecule has 1 saturated carbocycles. The van der Waals surface area contributed by atoms with Gasteiger partial charge >= 0.3 is 6.36 Å². The molecule has 170 valence electrons. The van der Waals surface area contributed by atoms with Gasteiger partial charge in [0.05, 0.1) is 0 Å². The Morgan fingerprint density at radius 3 is 2.38 bits per heavy atom. The van der Waals surface area contributed by atoms with E-state index in [1.54, 1.807) is 0 Å². The second kappa shape index (κ2) is 9.13. The highest BCUT2D eigenvalue weighted by Crippen LogP contribution is 2.47. The Labute approximate surface area is 185 Å². The van der Waals surface area contributed by atoms with Crippen molar-refractivity contribution in [2.45, 2.75) is 64.1 Å². The maximum absolute atomic E-state index is 13.9. The molecular formula is C26H25F5O. The lowest BCUT2D eigenvalue weighted by Gasteiger charge is -2.40. The number of halogens is 5. The van der Waals surface area contributed by atoms with Crippen molar-refractivity contribution in [1.82, 2.24) is 0 Å². The predicted octanol–water partition coefficient (Wildman–Crippen LogP) is 7.51. The lowest BCUT2D eigenvalue weighted by molar-refractivity contribution is -0.276. The molecule has 2 aliphatic rings. The topological polar surface area (TPSA) is 9.23 Å². The molecule has 1 nitrogen and oxygen atoms in total. The average Bonchev–Trinajstić information content (AvgIpc) is 2.74. The van der Waals surface area contributed by atoms with E-state index in [1.165, 1.54) is 49.7 Å². The van der Waals surface area contributed by atoms with Crippen LogP contribution in [0.5, 0.6) is 5.75 Å². The normalized spacial score (nSPS) is 22.4. The lowest BCUT2D eigenvalue weighted by atomic mass is 9.64. The fourth-order valence-electron chi connectivity index (χ4n) is 5.35. The van der Waals surface area contributed by atoms with Crippen molar-refractivity contribution in [1.29, 1.82) is 0 Å². The standard InChI is InChI=1S/C26H25F5O/c1-2-3-16-6-10-21-19(12-16)8-9-20-13-17(7-11-22(20)21)4-5-18-14-23(27)25(24(28)15-18)32-26(29,30)31/h7,11,13-16,19,21H,2-3,6,8-10,12H2,1H3/t16-,19-,21+/m1/s1. The monoisotopic (exact) mass is 448 g/mol. The largest absolute Gasteiger partial charge is 0.573 e. The van der Waals surface area contributed by atoms with E-state index in [4.69, 9.17) is 0 Å². The van der Waals surface area contributed by atoms with Crippen molar-refractivity contribution in [3.8, 4) is 17.6 Å². The van der Waals surface area contributed by atoms with E-state index in [2.05, 4.69) is 29.6 Å². The first kappa shape index (κ1) is 22.6. The molecule has 0 spiro atoms. The molecule has 0 aromatic heterocycles. The summed E-state index contributed by atoms with van der Waals surface area (Å²) in [6.45, 7) is 2.25. The molecule has 4 rings (SSSR count). The summed E-state index contributed by atoms with van der Waals surface area (Å²) < 4.78 is 68.0.